The van der Waals surface area contributed by atoms with Crippen molar-refractivity contribution in [1.82, 2.24) is 0 Å². The van der Waals surface area contributed by atoms with Crippen LogP contribution in [0.1, 0.15) is 10.4 Å². The summed E-state index contributed by atoms with van der Waals surface area (Å²) in [6.45, 7) is -1.19. The quantitative estimate of drug-likeness (QED) is 0.454. The van der Waals surface area contributed by atoms with Crippen LogP contribution in [0.4, 0.5) is 24.5 Å². The van der Waals surface area contributed by atoms with Crippen LogP contribution in [0.3, 0.4) is 0 Å². The van der Waals surface area contributed by atoms with Gasteiger partial charge in [0, 0.05) is 3.57 Å². The van der Waals surface area contributed by atoms with E-state index in [1.54, 1.807) is 0 Å². The van der Waals surface area contributed by atoms with Gasteiger partial charge >= 0.3 is 0 Å². The second-order valence-corrected chi connectivity index (χ2v) is 6.43. The van der Waals surface area contributed by atoms with Gasteiger partial charge in [-0.1, -0.05) is 0 Å². The normalized spacial score (nSPS) is 11.9. The molecule has 140 valence electrons. The van der Waals surface area contributed by atoms with E-state index >= 15 is 0 Å². The Bertz CT molecular complexity index is 836. The first-order valence-electron chi connectivity index (χ1n) is 7.20. The Morgan fingerprint density at radius 3 is 2.54 bits per heavy atom. The zero-order valence-electron chi connectivity index (χ0n) is 13.1. The summed E-state index contributed by atoms with van der Waals surface area (Å²) in [6, 6.07) is 4.81. The predicted octanol–water partition coefficient (Wildman–Crippen LogP) is 2.28. The third kappa shape index (κ3) is 4.56. The number of nitrogens with two attached hydrogens (primary N) is 1. The second kappa shape index (κ2) is 8.56. The smallest absolute Gasteiger partial charge is 0.251 e. The highest BCUT2D eigenvalue weighted by atomic mass is 127. The molecule has 0 aliphatic heterocycles. The molecule has 0 bridgehead atoms. The number of carbonyl (C=O) groups excluding carboxylic acids is 1. The number of hydrogen-bond acceptors (Lipinski definition) is 5. The number of nitrogens with one attached hydrogen (secondary N) is 1. The van der Waals surface area contributed by atoms with Crippen LogP contribution in [-0.2, 0) is 0 Å². The number of benzene rings is 2. The topological polar surface area (TPSA) is 105 Å². The van der Waals surface area contributed by atoms with Gasteiger partial charge < -0.3 is 26.0 Å². The van der Waals surface area contributed by atoms with Gasteiger partial charge in [-0.15, -0.1) is 0 Å². The van der Waals surface area contributed by atoms with Crippen molar-refractivity contribution in [3.63, 3.8) is 0 Å². The number of rotatable bonds is 7. The average Bonchev–Trinajstić information content (AvgIpc) is 2.59. The van der Waals surface area contributed by atoms with Gasteiger partial charge in [0.25, 0.3) is 5.91 Å². The van der Waals surface area contributed by atoms with E-state index in [0.717, 1.165) is 12.1 Å². The van der Waals surface area contributed by atoms with Gasteiger partial charge in [0.15, 0.2) is 11.6 Å². The summed E-state index contributed by atoms with van der Waals surface area (Å²) >= 11 is 1.87. The summed E-state index contributed by atoms with van der Waals surface area (Å²) in [5.41, 5.74) is 3.88. The molecule has 0 fully saturated rings. The van der Waals surface area contributed by atoms with Crippen LogP contribution in [0.5, 0.6) is 5.75 Å². The monoisotopic (exact) mass is 482 g/mol. The number of ether oxygens (including phenoxy) is 1. The van der Waals surface area contributed by atoms with Gasteiger partial charge in [-0.2, -0.15) is 4.39 Å². The van der Waals surface area contributed by atoms with Crippen molar-refractivity contribution in [3.8, 4) is 5.75 Å². The molecule has 0 aromatic heterocycles. The maximum atomic E-state index is 14.4. The molecule has 0 saturated heterocycles. The van der Waals surface area contributed by atoms with Gasteiger partial charge in [0.05, 0.1) is 23.5 Å². The first-order valence-corrected chi connectivity index (χ1v) is 8.28. The zero-order chi connectivity index (χ0) is 19.4. The number of halogens is 4. The minimum Gasteiger partial charge on any atom is -0.488 e. The van der Waals surface area contributed by atoms with E-state index in [4.69, 9.17) is 15.6 Å². The lowest BCUT2D eigenvalue weighted by Crippen LogP contribution is -2.22. The Kier molecular flexibility index (Phi) is 6.67. The van der Waals surface area contributed by atoms with Crippen LogP contribution in [0.2, 0.25) is 0 Å². The lowest BCUT2D eigenvalue weighted by molar-refractivity contribution is 0.0521. The van der Waals surface area contributed by atoms with Crippen molar-refractivity contribution in [2.75, 3.05) is 18.5 Å². The van der Waals surface area contributed by atoms with Gasteiger partial charge in [0.1, 0.15) is 18.5 Å². The molecule has 2 rings (SSSR count). The molecule has 1 atom stereocenters. The third-order valence-corrected chi connectivity index (χ3v) is 3.94. The summed E-state index contributed by atoms with van der Waals surface area (Å²) in [7, 11) is 0. The molecule has 0 radical (unpaired) electrons. The summed E-state index contributed by atoms with van der Waals surface area (Å²) < 4.78 is 48.0. The molecule has 0 aliphatic carbocycles. The van der Waals surface area contributed by atoms with Crippen molar-refractivity contribution < 1.29 is 32.9 Å². The van der Waals surface area contributed by atoms with Crippen molar-refractivity contribution in [3.05, 3.63) is 50.9 Å². The molecular weight excluding hydrogens is 468 g/mol. The number of anilines is 2. The Morgan fingerprint density at radius 2 is 1.96 bits per heavy atom. The maximum absolute atomic E-state index is 14.4. The number of aliphatic hydroxyl groups is 2. The van der Waals surface area contributed by atoms with E-state index < -0.39 is 59.7 Å². The minimum absolute atomic E-state index is 0.185. The SMILES string of the molecule is NC(=O)c1cc(OC[C@@H](O)CO)c(F)c(F)c1Nc1ccc(I)cc1F. The zero-order valence-corrected chi connectivity index (χ0v) is 15.3. The standard InChI is InChI=1S/C16H14F3IN2O4/c17-10-3-7(20)1-2-11(10)22-15-9(16(21)25)4-12(13(18)14(15)19)26-6-8(24)5-23/h1-4,8,22-24H,5-6H2,(H2,21,25)/t8-/m0/s1. The second-order valence-electron chi connectivity index (χ2n) is 5.19. The molecule has 0 saturated carbocycles. The number of aliphatic hydroxyl groups excluding tert-OH is 2. The van der Waals surface area contributed by atoms with Crippen LogP contribution in [0.15, 0.2) is 24.3 Å². The average molecular weight is 482 g/mol. The molecule has 0 unspecified atom stereocenters. The van der Waals surface area contributed by atoms with E-state index in [1.807, 2.05) is 22.6 Å². The van der Waals surface area contributed by atoms with Crippen molar-refractivity contribution in [2.45, 2.75) is 6.10 Å². The van der Waals surface area contributed by atoms with Gasteiger partial charge in [-0.25, -0.2) is 8.78 Å². The molecule has 1 amide bonds. The number of carbonyl (C=O) groups is 1. The molecular formula is C16H14F3IN2O4. The Balaban J connectivity index is 2.45. The minimum atomic E-state index is -1.51. The molecule has 0 aliphatic rings. The van der Waals surface area contributed by atoms with E-state index in [0.29, 0.717) is 3.57 Å². The molecule has 5 N–H and O–H groups in total. The summed E-state index contributed by atoms with van der Waals surface area (Å²) in [4.78, 5) is 11.6. The highest BCUT2D eigenvalue weighted by Gasteiger charge is 2.23. The maximum Gasteiger partial charge on any atom is 0.251 e. The van der Waals surface area contributed by atoms with Gasteiger partial charge in [-0.3, -0.25) is 4.79 Å². The summed E-state index contributed by atoms with van der Waals surface area (Å²) in [5, 5.41) is 20.3. The van der Waals surface area contributed by atoms with Crippen LogP contribution in [-0.4, -0.2) is 35.4 Å². The van der Waals surface area contributed by atoms with Crippen LogP contribution < -0.4 is 15.8 Å². The van der Waals surface area contributed by atoms with Crippen molar-refractivity contribution >= 4 is 39.9 Å². The molecule has 26 heavy (non-hydrogen) atoms. The molecule has 10 heteroatoms. The number of hydrogen-bond donors (Lipinski definition) is 4. The van der Waals surface area contributed by atoms with Gasteiger partial charge in [-0.05, 0) is 46.9 Å². The lowest BCUT2D eigenvalue weighted by Gasteiger charge is -2.16. The van der Waals surface area contributed by atoms with E-state index in [9.17, 15) is 23.1 Å². The van der Waals surface area contributed by atoms with Crippen molar-refractivity contribution in [1.29, 1.82) is 0 Å². The van der Waals surface area contributed by atoms with E-state index in [2.05, 4.69) is 5.32 Å². The fourth-order valence-corrected chi connectivity index (χ4v) is 2.44. The Labute approximate surface area is 159 Å². The lowest BCUT2D eigenvalue weighted by atomic mass is 10.1. The summed E-state index contributed by atoms with van der Waals surface area (Å²) in [6.07, 6.45) is -1.33. The number of primary amides is 1. The first-order chi connectivity index (χ1) is 12.2. The highest BCUT2D eigenvalue weighted by molar-refractivity contribution is 14.1. The largest absolute Gasteiger partial charge is 0.488 e. The fourth-order valence-electron chi connectivity index (χ4n) is 1.99. The summed E-state index contributed by atoms with van der Waals surface area (Å²) in [5.74, 6) is -5.50. The van der Waals surface area contributed by atoms with E-state index in [-0.39, 0.29) is 5.69 Å². The molecule has 2 aromatic rings. The van der Waals surface area contributed by atoms with Crippen molar-refractivity contribution in [2.24, 2.45) is 5.73 Å². The first kappa shape index (κ1) is 20.3. The molecule has 6 nitrogen and oxygen atoms in total. The van der Waals surface area contributed by atoms with Crippen LogP contribution in [0, 0.1) is 21.0 Å². The molecule has 0 heterocycles. The van der Waals surface area contributed by atoms with Crippen LogP contribution >= 0.6 is 22.6 Å². The number of amides is 1. The molecule has 2 aromatic carbocycles. The van der Waals surface area contributed by atoms with Crippen LogP contribution in [0.25, 0.3) is 0 Å². The van der Waals surface area contributed by atoms with E-state index in [1.165, 1.54) is 12.1 Å². The van der Waals surface area contributed by atoms with Gasteiger partial charge in [0.2, 0.25) is 5.82 Å². The third-order valence-electron chi connectivity index (χ3n) is 3.27. The Hall–Kier alpha value is -2.05. The molecule has 0 spiro atoms. The highest BCUT2D eigenvalue weighted by Crippen LogP contribution is 2.33. The predicted molar refractivity (Wildman–Crippen MR) is 95.9 cm³/mol. The Morgan fingerprint density at radius 1 is 1.27 bits per heavy atom. The fraction of sp³-hybridized carbons (Fsp3) is 0.188.